The topological polar surface area (TPSA) is 29.5 Å². The van der Waals surface area contributed by atoms with Crippen LogP contribution >= 0.6 is 0 Å². The molecule has 3 heteroatoms. The maximum atomic E-state index is 11.2. The van der Waals surface area contributed by atoms with Gasteiger partial charge in [-0.25, -0.2) is 0 Å². The summed E-state index contributed by atoms with van der Waals surface area (Å²) in [4.78, 5) is 0. The lowest BCUT2D eigenvalue weighted by Gasteiger charge is -2.39. The van der Waals surface area contributed by atoms with E-state index in [0.29, 0.717) is 6.61 Å². The number of likely N-dealkylation sites (tertiary alicyclic amines) is 1. The lowest BCUT2D eigenvalue weighted by atomic mass is 9.80. The van der Waals surface area contributed by atoms with Gasteiger partial charge in [0.25, 0.3) is 0 Å². The number of ether oxygens (including phenoxy) is 1. The molecular weight excluding hydrogens is 418 g/mol. The first-order valence-corrected chi connectivity index (χ1v) is 13.2. The number of benzene rings is 2. The van der Waals surface area contributed by atoms with Crippen LogP contribution in [0.1, 0.15) is 89.5 Å². The first-order chi connectivity index (χ1) is 15.9. The number of quaternary nitrogens is 1. The minimum Gasteiger partial charge on any atom is -0.490 e. The fraction of sp³-hybridized carbons (Fsp3) is 0.613. The maximum absolute atomic E-state index is 11.2. The summed E-state index contributed by atoms with van der Waals surface area (Å²) in [6.45, 7) is 19.9. The van der Waals surface area contributed by atoms with Gasteiger partial charge in [-0.3, -0.25) is 0 Å². The number of hydrogen-bond donors (Lipinski definition) is 1. The van der Waals surface area contributed by atoms with Crippen LogP contribution in [0.4, 0.5) is 0 Å². The van der Waals surface area contributed by atoms with Crippen LogP contribution in [-0.4, -0.2) is 41.9 Å². The Bertz CT molecular complexity index is 910. The molecular formula is C31H48NO2+. The number of rotatable bonds is 7. The van der Waals surface area contributed by atoms with E-state index in [0.717, 1.165) is 36.4 Å². The summed E-state index contributed by atoms with van der Waals surface area (Å²) in [6, 6.07) is 15.5. The zero-order valence-corrected chi connectivity index (χ0v) is 22.8. The molecule has 1 aliphatic rings. The molecule has 0 bridgehead atoms. The van der Waals surface area contributed by atoms with Crippen molar-refractivity contribution in [1.82, 2.24) is 0 Å². The smallest absolute Gasteiger partial charge is 0.137 e. The molecule has 2 aromatic rings. The van der Waals surface area contributed by atoms with E-state index in [1.165, 1.54) is 47.9 Å². The van der Waals surface area contributed by atoms with Crippen molar-refractivity contribution in [1.29, 1.82) is 0 Å². The predicted octanol–water partition coefficient (Wildman–Crippen LogP) is 6.92. The molecule has 1 unspecified atom stereocenters. The second-order valence-electron chi connectivity index (χ2n) is 12.7. The third-order valence-electron chi connectivity index (χ3n) is 7.34. The van der Waals surface area contributed by atoms with E-state index in [4.69, 9.17) is 4.74 Å². The van der Waals surface area contributed by atoms with Gasteiger partial charge in [0.15, 0.2) is 0 Å². The number of nitrogens with zero attached hydrogens (tertiary/aromatic N) is 1. The minimum atomic E-state index is -0.487. The second-order valence-corrected chi connectivity index (χ2v) is 12.7. The van der Waals surface area contributed by atoms with Crippen LogP contribution in [0.2, 0.25) is 0 Å². The molecule has 1 atom stereocenters. The summed E-state index contributed by atoms with van der Waals surface area (Å²) >= 11 is 0. The summed E-state index contributed by atoms with van der Waals surface area (Å²) in [5.41, 5.74) is 5.27. The quantitative estimate of drug-likeness (QED) is 0.449. The van der Waals surface area contributed by atoms with Crippen molar-refractivity contribution in [2.45, 2.75) is 97.6 Å². The Labute approximate surface area is 208 Å². The van der Waals surface area contributed by atoms with Crippen LogP contribution in [0.25, 0.3) is 0 Å². The van der Waals surface area contributed by atoms with Crippen molar-refractivity contribution < 1.29 is 14.3 Å². The molecule has 34 heavy (non-hydrogen) atoms. The third-order valence-corrected chi connectivity index (χ3v) is 7.34. The molecule has 1 N–H and O–H groups in total. The molecule has 188 valence electrons. The van der Waals surface area contributed by atoms with Crippen LogP contribution in [-0.2, 0) is 17.4 Å². The highest BCUT2D eigenvalue weighted by molar-refractivity contribution is 5.43. The van der Waals surface area contributed by atoms with Gasteiger partial charge < -0.3 is 14.3 Å². The molecule has 1 fully saturated rings. The Morgan fingerprint density at radius 2 is 1.47 bits per heavy atom. The lowest BCUT2D eigenvalue weighted by Crippen LogP contribution is -2.53. The molecule has 0 aromatic heterocycles. The Kier molecular flexibility index (Phi) is 8.52. The van der Waals surface area contributed by atoms with Crippen molar-refractivity contribution in [2.24, 2.45) is 0 Å². The summed E-state index contributed by atoms with van der Waals surface area (Å²) in [7, 11) is 0. The fourth-order valence-corrected chi connectivity index (χ4v) is 5.24. The number of aliphatic hydroxyl groups excluding tert-OH is 1. The van der Waals surface area contributed by atoms with E-state index in [2.05, 4.69) is 90.9 Å². The van der Waals surface area contributed by atoms with Gasteiger partial charge in [-0.15, -0.1) is 0 Å². The molecule has 2 aromatic carbocycles. The lowest BCUT2D eigenvalue weighted by molar-refractivity contribution is -0.942. The zero-order chi connectivity index (χ0) is 25.0. The van der Waals surface area contributed by atoms with Gasteiger partial charge in [0.1, 0.15) is 31.5 Å². The summed E-state index contributed by atoms with van der Waals surface area (Å²) < 4.78 is 7.28. The van der Waals surface area contributed by atoms with Crippen molar-refractivity contribution in [3.05, 3.63) is 64.7 Å². The Hall–Kier alpha value is -1.84. The number of aliphatic hydroxyl groups is 1. The first kappa shape index (κ1) is 26.8. The van der Waals surface area contributed by atoms with E-state index >= 15 is 0 Å². The molecule has 0 aliphatic carbocycles. The van der Waals surface area contributed by atoms with Crippen LogP contribution in [0.15, 0.2) is 42.5 Å². The van der Waals surface area contributed by atoms with Crippen LogP contribution < -0.4 is 4.74 Å². The fourth-order valence-electron chi connectivity index (χ4n) is 5.24. The van der Waals surface area contributed by atoms with Gasteiger partial charge in [-0.1, -0.05) is 83.5 Å². The molecule has 0 amide bonds. The monoisotopic (exact) mass is 466 g/mol. The van der Waals surface area contributed by atoms with Crippen LogP contribution in [0.3, 0.4) is 0 Å². The largest absolute Gasteiger partial charge is 0.490 e. The first-order valence-electron chi connectivity index (χ1n) is 13.2. The predicted molar refractivity (Wildman–Crippen MR) is 144 cm³/mol. The molecule has 3 rings (SSSR count). The normalized spacial score (nSPS) is 17.8. The van der Waals surface area contributed by atoms with Crippen molar-refractivity contribution in [3.63, 3.8) is 0 Å². The molecule has 1 saturated heterocycles. The van der Waals surface area contributed by atoms with Gasteiger partial charge in [-0.05, 0) is 60.6 Å². The Balaban J connectivity index is 1.74. The van der Waals surface area contributed by atoms with Gasteiger partial charge in [-0.2, -0.15) is 0 Å². The number of aryl methyl sites for hydroxylation is 1. The van der Waals surface area contributed by atoms with E-state index < -0.39 is 6.10 Å². The summed E-state index contributed by atoms with van der Waals surface area (Å²) in [6.07, 6.45) is 4.59. The van der Waals surface area contributed by atoms with Gasteiger partial charge in [0.05, 0.1) is 13.1 Å². The van der Waals surface area contributed by atoms with Gasteiger partial charge in [0.2, 0.25) is 0 Å². The van der Waals surface area contributed by atoms with E-state index in [-0.39, 0.29) is 10.8 Å². The average molecular weight is 467 g/mol. The molecule has 0 spiro atoms. The van der Waals surface area contributed by atoms with Crippen molar-refractivity contribution in [2.75, 3.05) is 26.2 Å². The summed E-state index contributed by atoms with van der Waals surface area (Å²) in [5, 5.41) is 11.2. The molecule has 1 heterocycles. The number of hydrogen-bond acceptors (Lipinski definition) is 2. The van der Waals surface area contributed by atoms with Crippen LogP contribution in [0, 0.1) is 6.92 Å². The highest BCUT2D eigenvalue weighted by Gasteiger charge is 2.32. The molecule has 1 aliphatic heterocycles. The zero-order valence-electron chi connectivity index (χ0n) is 22.8. The average Bonchev–Trinajstić information content (AvgIpc) is 2.98. The Morgan fingerprint density at radius 1 is 0.853 bits per heavy atom. The van der Waals surface area contributed by atoms with E-state index in [9.17, 15) is 5.11 Å². The SMILES string of the molecule is Cc1ccc(C[N+]2(CC(O)COc3ccc(C(C)(C)C)cc3C(C)(C)C)CCCCCC2)cc1. The second kappa shape index (κ2) is 10.8. The molecule has 0 saturated carbocycles. The van der Waals surface area contributed by atoms with E-state index in [1.54, 1.807) is 0 Å². The van der Waals surface area contributed by atoms with Gasteiger partial charge in [0, 0.05) is 5.56 Å². The van der Waals surface area contributed by atoms with E-state index in [1.807, 2.05) is 0 Å². The standard InChI is InChI=1S/C31H48NO2/c1-24-12-14-25(15-13-24)21-32(18-10-8-9-11-19-32)22-27(33)23-34-29-17-16-26(30(2,3)4)20-28(29)31(5,6)7/h12-17,20,27,33H,8-11,18-19,21-23H2,1-7H3/q+1. The van der Waals surface area contributed by atoms with Crippen molar-refractivity contribution >= 4 is 0 Å². The summed E-state index contributed by atoms with van der Waals surface area (Å²) in [5.74, 6) is 0.903. The van der Waals surface area contributed by atoms with Gasteiger partial charge >= 0.3 is 0 Å². The molecule has 3 nitrogen and oxygen atoms in total. The highest BCUT2D eigenvalue weighted by Crippen LogP contribution is 2.35. The van der Waals surface area contributed by atoms with Crippen molar-refractivity contribution in [3.8, 4) is 5.75 Å². The maximum Gasteiger partial charge on any atom is 0.137 e. The third kappa shape index (κ3) is 7.33. The molecule has 0 radical (unpaired) electrons. The van der Waals surface area contributed by atoms with Crippen LogP contribution in [0.5, 0.6) is 5.75 Å². The minimum absolute atomic E-state index is 0.0223. The highest BCUT2D eigenvalue weighted by atomic mass is 16.5. The Morgan fingerprint density at radius 3 is 2.03 bits per heavy atom.